The monoisotopic (exact) mass is 319 g/mol. The molecule has 0 aliphatic rings. The molecule has 0 saturated heterocycles. The minimum atomic E-state index is -0.801. The molecule has 0 bridgehead atoms. The average molecular weight is 319 g/mol. The Kier molecular flexibility index (Phi) is 6.82. The fourth-order valence-electron chi connectivity index (χ4n) is 1.97. The molecule has 0 aliphatic heterocycles. The van der Waals surface area contributed by atoms with Crippen molar-refractivity contribution < 1.29 is 19.1 Å². The molecule has 126 valence electrons. The third-order valence-corrected chi connectivity index (χ3v) is 2.89. The van der Waals surface area contributed by atoms with Gasteiger partial charge in [0.15, 0.2) is 0 Å². The molecule has 1 amide bonds. The van der Waals surface area contributed by atoms with Gasteiger partial charge in [0.25, 0.3) is 0 Å². The molecule has 5 nitrogen and oxygen atoms in total. The van der Waals surface area contributed by atoms with E-state index < -0.39 is 23.7 Å². The van der Waals surface area contributed by atoms with Crippen LogP contribution in [0.15, 0.2) is 30.8 Å². The van der Waals surface area contributed by atoms with Gasteiger partial charge in [-0.25, -0.2) is 9.59 Å². The van der Waals surface area contributed by atoms with Gasteiger partial charge in [-0.15, -0.1) is 0 Å². The Morgan fingerprint density at radius 3 is 2.61 bits per heavy atom. The molecule has 1 N–H and O–H groups in total. The van der Waals surface area contributed by atoms with Crippen LogP contribution in [0.25, 0.3) is 6.08 Å². The quantitative estimate of drug-likeness (QED) is 0.817. The molecular formula is C18H25NO4. The molecule has 0 unspecified atom stereocenters. The van der Waals surface area contributed by atoms with Gasteiger partial charge in [-0.05, 0) is 38.8 Å². The highest BCUT2D eigenvalue weighted by Crippen LogP contribution is 2.11. The summed E-state index contributed by atoms with van der Waals surface area (Å²) in [7, 11) is 0. The van der Waals surface area contributed by atoms with E-state index in [9.17, 15) is 9.59 Å². The summed E-state index contributed by atoms with van der Waals surface area (Å²) in [6, 6.07) is 6.79. The largest absolute Gasteiger partial charge is 0.464 e. The Labute approximate surface area is 137 Å². The molecule has 0 aromatic heterocycles. The smallest absolute Gasteiger partial charge is 0.408 e. The number of rotatable bonds is 6. The van der Waals surface area contributed by atoms with Gasteiger partial charge in [-0.1, -0.05) is 36.9 Å². The zero-order valence-corrected chi connectivity index (χ0v) is 14.2. The van der Waals surface area contributed by atoms with Gasteiger partial charge in [0.2, 0.25) is 0 Å². The number of carbonyl (C=O) groups excluding carboxylic acids is 2. The maximum absolute atomic E-state index is 12.1. The van der Waals surface area contributed by atoms with E-state index in [-0.39, 0.29) is 6.61 Å². The maximum atomic E-state index is 12.1. The number of carbonyl (C=O) groups is 2. The second-order valence-corrected chi connectivity index (χ2v) is 6.10. The van der Waals surface area contributed by atoms with Crippen LogP contribution in [0, 0.1) is 0 Å². The van der Waals surface area contributed by atoms with E-state index in [2.05, 4.69) is 11.9 Å². The van der Waals surface area contributed by atoms with Crippen molar-refractivity contribution in [1.82, 2.24) is 5.32 Å². The molecule has 1 rings (SSSR count). The van der Waals surface area contributed by atoms with Crippen molar-refractivity contribution in [2.24, 2.45) is 0 Å². The van der Waals surface area contributed by atoms with Crippen molar-refractivity contribution in [3.8, 4) is 0 Å². The lowest BCUT2D eigenvalue weighted by Crippen LogP contribution is -2.45. The minimum Gasteiger partial charge on any atom is -0.464 e. The number of alkyl carbamates (subject to hydrolysis) is 1. The summed E-state index contributed by atoms with van der Waals surface area (Å²) in [6.07, 6.45) is 1.40. The highest BCUT2D eigenvalue weighted by Gasteiger charge is 2.25. The van der Waals surface area contributed by atoms with Crippen molar-refractivity contribution in [3.63, 3.8) is 0 Å². The van der Waals surface area contributed by atoms with E-state index in [1.54, 1.807) is 33.8 Å². The average Bonchev–Trinajstić information content (AvgIpc) is 2.45. The zero-order valence-electron chi connectivity index (χ0n) is 14.2. The van der Waals surface area contributed by atoms with E-state index >= 15 is 0 Å². The van der Waals surface area contributed by atoms with Crippen molar-refractivity contribution in [3.05, 3.63) is 42.0 Å². The van der Waals surface area contributed by atoms with Crippen LogP contribution in [0.4, 0.5) is 4.79 Å². The molecule has 0 fully saturated rings. The van der Waals surface area contributed by atoms with Gasteiger partial charge in [-0.3, -0.25) is 0 Å². The second-order valence-electron chi connectivity index (χ2n) is 6.10. The molecule has 5 heteroatoms. The lowest BCUT2D eigenvalue weighted by Gasteiger charge is -2.23. The summed E-state index contributed by atoms with van der Waals surface area (Å²) >= 11 is 0. The number of esters is 1. The third-order valence-electron chi connectivity index (χ3n) is 2.89. The fraction of sp³-hybridized carbons (Fsp3) is 0.444. The summed E-state index contributed by atoms with van der Waals surface area (Å²) in [4.78, 5) is 24.0. The van der Waals surface area contributed by atoms with E-state index in [1.165, 1.54) is 0 Å². The Morgan fingerprint density at radius 1 is 1.35 bits per heavy atom. The molecule has 0 aliphatic carbocycles. The van der Waals surface area contributed by atoms with Crippen LogP contribution in [0.2, 0.25) is 0 Å². The molecule has 0 saturated carbocycles. The number of hydrogen-bond acceptors (Lipinski definition) is 4. The van der Waals surface area contributed by atoms with Crippen LogP contribution in [-0.2, 0) is 20.7 Å². The predicted molar refractivity (Wildman–Crippen MR) is 90.0 cm³/mol. The molecule has 23 heavy (non-hydrogen) atoms. The van der Waals surface area contributed by atoms with Crippen LogP contribution >= 0.6 is 0 Å². The lowest BCUT2D eigenvalue weighted by atomic mass is 10.0. The molecule has 1 atom stereocenters. The normalized spacial score (nSPS) is 12.2. The first-order valence-corrected chi connectivity index (χ1v) is 7.62. The molecule has 1 aromatic carbocycles. The SMILES string of the molecule is C=Cc1cccc(C[C@H](NC(=O)OC(C)(C)C)C(=O)OCC)c1. The predicted octanol–water partition coefficient (Wildman–Crippen LogP) is 3.33. The van der Waals surface area contributed by atoms with E-state index in [1.807, 2.05) is 24.3 Å². The van der Waals surface area contributed by atoms with Gasteiger partial charge in [0, 0.05) is 6.42 Å². The summed E-state index contributed by atoms with van der Waals surface area (Å²) in [5, 5.41) is 2.58. The summed E-state index contributed by atoms with van der Waals surface area (Å²) < 4.78 is 10.2. The van der Waals surface area contributed by atoms with Crippen LogP contribution in [0.5, 0.6) is 0 Å². The summed E-state index contributed by atoms with van der Waals surface area (Å²) in [5.74, 6) is -0.484. The first-order chi connectivity index (χ1) is 10.7. The number of ether oxygens (including phenoxy) is 2. The van der Waals surface area contributed by atoms with Gasteiger partial charge >= 0.3 is 12.1 Å². The van der Waals surface area contributed by atoms with Gasteiger partial charge < -0.3 is 14.8 Å². The standard InChI is InChI=1S/C18H25NO4/c1-6-13-9-8-10-14(11-13)12-15(16(20)22-7-2)19-17(21)23-18(3,4)5/h6,8-11,15H,1,7,12H2,2-5H3,(H,19,21)/t15-/m0/s1. The van der Waals surface area contributed by atoms with Crippen molar-refractivity contribution in [2.75, 3.05) is 6.61 Å². The first kappa shape index (κ1) is 18.7. The van der Waals surface area contributed by atoms with Crippen LogP contribution in [-0.4, -0.2) is 30.3 Å². The van der Waals surface area contributed by atoms with E-state index in [4.69, 9.17) is 9.47 Å². The summed E-state index contributed by atoms with van der Waals surface area (Å²) in [5.41, 5.74) is 1.21. The number of nitrogens with one attached hydrogen (secondary N) is 1. The molecule has 0 heterocycles. The van der Waals surface area contributed by atoms with Crippen molar-refractivity contribution >= 4 is 18.1 Å². The third kappa shape index (κ3) is 7.00. The zero-order chi connectivity index (χ0) is 17.5. The highest BCUT2D eigenvalue weighted by atomic mass is 16.6. The minimum absolute atomic E-state index is 0.248. The van der Waals surface area contributed by atoms with Crippen molar-refractivity contribution in [2.45, 2.75) is 45.8 Å². The fourth-order valence-corrected chi connectivity index (χ4v) is 1.97. The Hall–Kier alpha value is -2.30. The van der Waals surface area contributed by atoms with Crippen molar-refractivity contribution in [1.29, 1.82) is 0 Å². The van der Waals surface area contributed by atoms with Gasteiger partial charge in [-0.2, -0.15) is 0 Å². The first-order valence-electron chi connectivity index (χ1n) is 7.62. The maximum Gasteiger partial charge on any atom is 0.408 e. The number of amides is 1. The highest BCUT2D eigenvalue weighted by molar-refractivity contribution is 5.81. The Bertz CT molecular complexity index is 560. The number of hydrogen-bond donors (Lipinski definition) is 1. The van der Waals surface area contributed by atoms with E-state index in [0.29, 0.717) is 6.42 Å². The topological polar surface area (TPSA) is 64.6 Å². The molecule has 0 radical (unpaired) electrons. The Morgan fingerprint density at radius 2 is 2.04 bits per heavy atom. The van der Waals surface area contributed by atoms with Crippen LogP contribution < -0.4 is 5.32 Å². The Balaban J connectivity index is 2.85. The molecular weight excluding hydrogens is 294 g/mol. The molecule has 1 aromatic rings. The number of benzene rings is 1. The van der Waals surface area contributed by atoms with Crippen LogP contribution in [0.1, 0.15) is 38.8 Å². The van der Waals surface area contributed by atoms with Gasteiger partial charge in [0.1, 0.15) is 11.6 Å². The van der Waals surface area contributed by atoms with Gasteiger partial charge in [0.05, 0.1) is 6.61 Å². The van der Waals surface area contributed by atoms with E-state index in [0.717, 1.165) is 11.1 Å². The second kappa shape index (κ2) is 8.36. The van der Waals surface area contributed by atoms with Crippen LogP contribution in [0.3, 0.4) is 0 Å². The summed E-state index contributed by atoms with van der Waals surface area (Å²) in [6.45, 7) is 11.0. The lowest BCUT2D eigenvalue weighted by molar-refractivity contribution is -0.145. The molecule has 0 spiro atoms.